The summed E-state index contributed by atoms with van der Waals surface area (Å²) in [6.45, 7) is 5.11. The summed E-state index contributed by atoms with van der Waals surface area (Å²) in [5, 5.41) is 14.5. The van der Waals surface area contributed by atoms with E-state index in [9.17, 15) is 28.8 Å². The summed E-state index contributed by atoms with van der Waals surface area (Å²) in [5.74, 6) is -3.63. The van der Waals surface area contributed by atoms with Crippen LogP contribution in [0.4, 0.5) is 4.39 Å². The van der Waals surface area contributed by atoms with Crippen molar-refractivity contribution >= 4 is 19.7 Å². The second-order valence-electron chi connectivity index (χ2n) is 10.6. The van der Waals surface area contributed by atoms with Crippen LogP contribution in [0.2, 0.25) is 0 Å². The molecule has 0 saturated carbocycles. The second-order valence-corrected chi connectivity index (χ2v) is 12.3. The van der Waals surface area contributed by atoms with E-state index in [0.717, 1.165) is 23.8 Å². The third kappa shape index (κ3) is 7.33. The number of nitrogens with one attached hydrogen (secondary N) is 2. The summed E-state index contributed by atoms with van der Waals surface area (Å²) >= 11 is 0. The number of nitrogens with zero attached hydrogens (tertiary/aromatic N) is 1. The molecule has 2 heterocycles. The second kappa shape index (κ2) is 13.3. The Balaban J connectivity index is 1.73. The number of esters is 1. The number of halogens is 1. The Kier molecular flexibility index (Phi) is 9.89. The molecule has 1 unspecified atom stereocenters. The highest BCUT2D eigenvalue weighted by atomic mass is 31.2. The van der Waals surface area contributed by atoms with Crippen molar-refractivity contribution < 1.29 is 42.2 Å². The minimum atomic E-state index is -4.44. The summed E-state index contributed by atoms with van der Waals surface area (Å²) in [5.41, 5.74) is -4.56. The molecule has 236 valence electrons. The molecule has 0 bridgehead atoms. The van der Waals surface area contributed by atoms with Crippen molar-refractivity contribution in [2.45, 2.75) is 63.8 Å². The quantitative estimate of drug-likeness (QED) is 0.221. The van der Waals surface area contributed by atoms with Gasteiger partial charge in [-0.25, -0.2) is 13.8 Å². The van der Waals surface area contributed by atoms with Crippen molar-refractivity contribution in [3.8, 4) is 5.75 Å². The van der Waals surface area contributed by atoms with Crippen LogP contribution in [0, 0.1) is 0 Å². The number of hydrogen-bond acceptors (Lipinski definition) is 10. The lowest BCUT2D eigenvalue weighted by molar-refractivity contribution is -0.255. The Labute approximate surface area is 251 Å². The number of alkyl halides is 1. The fourth-order valence-corrected chi connectivity index (χ4v) is 6.45. The maximum atomic E-state index is 16.9. The van der Waals surface area contributed by atoms with Crippen LogP contribution in [0.15, 0.2) is 76.4 Å². The van der Waals surface area contributed by atoms with Crippen molar-refractivity contribution in [3.05, 3.63) is 98.8 Å². The molecule has 1 fully saturated rings. The lowest BCUT2D eigenvalue weighted by atomic mass is 9.80. The number of carbonyl (C=O) groups excluding carboxylic acids is 2. The van der Waals surface area contributed by atoms with Gasteiger partial charge < -0.3 is 23.9 Å². The highest BCUT2D eigenvalue weighted by Crippen LogP contribution is 2.53. The molecule has 1 aliphatic rings. The van der Waals surface area contributed by atoms with Crippen LogP contribution in [0.1, 0.15) is 55.8 Å². The average Bonchev–Trinajstić information content (AvgIpc) is 3.21. The Bertz CT molecular complexity index is 1660. The van der Waals surface area contributed by atoms with Crippen LogP contribution in [0.5, 0.6) is 5.75 Å². The summed E-state index contributed by atoms with van der Waals surface area (Å²) < 4.78 is 54.3. The van der Waals surface area contributed by atoms with Crippen LogP contribution in [-0.2, 0) is 23.4 Å². The fourth-order valence-electron chi connectivity index (χ4n) is 4.94. The predicted molar refractivity (Wildman–Crippen MR) is 153 cm³/mol. The highest BCUT2D eigenvalue weighted by molar-refractivity contribution is 7.52. The third-order valence-electron chi connectivity index (χ3n) is 6.82. The molecular formula is C29H32FN3O10P-. The Morgan fingerprint density at radius 3 is 2.41 bits per heavy atom. The summed E-state index contributed by atoms with van der Waals surface area (Å²) in [7, 11) is -4.44. The molecule has 3 aromatic rings. The van der Waals surface area contributed by atoms with E-state index in [1.807, 2.05) is 4.98 Å². The molecule has 1 aromatic heterocycles. The number of H-pyrrole nitrogens is 1. The Morgan fingerprint density at radius 1 is 1.11 bits per heavy atom. The molecule has 6 atom stereocenters. The normalized spacial score (nSPS) is 23.5. The number of aromatic nitrogens is 2. The number of carboxylic acid groups (broad SMARTS) is 1. The zero-order valence-corrected chi connectivity index (χ0v) is 25.2. The minimum absolute atomic E-state index is 0.0354. The first-order valence-electron chi connectivity index (χ1n) is 13.7. The fraction of sp³-hybridized carbons (Fsp3) is 0.379. The van der Waals surface area contributed by atoms with Crippen molar-refractivity contribution in [2.24, 2.45) is 0 Å². The third-order valence-corrected chi connectivity index (χ3v) is 8.46. The number of carbonyl (C=O) groups is 2. The van der Waals surface area contributed by atoms with Crippen LogP contribution in [0.3, 0.4) is 0 Å². The first-order chi connectivity index (χ1) is 20.7. The number of aromatic amines is 1. The standard InChI is InChI=1S/C29H33FN3O10P/c1-17(2)41-26(37)18(3)32-44(39,43-19-10-6-5-7-11-19)40-16-22-24(20-12-8-9-13-21(20)25(35)36)29(4,30)27(42-22)33-15-14-23(34)31-28(33)38/h5-15,17-18,22,24,27H,16H2,1-4H3,(H,32,39)(H,35,36)(H,31,34,38)/p-1/t18-,22-,24-,27+,29+,44?/m0/s1. The lowest BCUT2D eigenvalue weighted by Crippen LogP contribution is -2.41. The van der Waals surface area contributed by atoms with Crippen LogP contribution in [0.25, 0.3) is 0 Å². The van der Waals surface area contributed by atoms with Crippen LogP contribution < -0.4 is 26.0 Å². The SMILES string of the molecule is CC(C)OC(=O)[C@H](C)NP(=O)(OC[C@@H]1O[C@@H](n2ccc(=O)[nH]c2=O)[C@](C)(F)[C@H]1c1ccccc1C(=O)[O-])Oc1ccccc1. The van der Waals surface area contributed by atoms with Gasteiger partial charge in [0.05, 0.1) is 30.7 Å². The van der Waals surface area contributed by atoms with Crippen LogP contribution >= 0.6 is 7.75 Å². The minimum Gasteiger partial charge on any atom is -0.545 e. The van der Waals surface area contributed by atoms with E-state index in [2.05, 4.69) is 5.09 Å². The maximum absolute atomic E-state index is 16.9. The highest BCUT2D eigenvalue weighted by Gasteiger charge is 2.57. The summed E-state index contributed by atoms with van der Waals surface area (Å²) in [6.07, 6.45) is -2.47. The molecule has 0 radical (unpaired) electrons. The molecular weight excluding hydrogens is 600 g/mol. The molecule has 0 spiro atoms. The molecule has 1 aliphatic heterocycles. The molecule has 13 nitrogen and oxygen atoms in total. The Morgan fingerprint density at radius 2 is 1.77 bits per heavy atom. The van der Waals surface area contributed by atoms with Crippen molar-refractivity contribution in [1.29, 1.82) is 0 Å². The number of carboxylic acids is 1. The van der Waals surface area contributed by atoms with E-state index in [0.29, 0.717) is 0 Å². The lowest BCUT2D eigenvalue weighted by Gasteiger charge is -2.30. The number of aromatic carboxylic acids is 1. The first-order valence-corrected chi connectivity index (χ1v) is 15.2. The van der Waals surface area contributed by atoms with Crippen molar-refractivity contribution in [2.75, 3.05) is 6.61 Å². The zero-order valence-electron chi connectivity index (χ0n) is 24.3. The maximum Gasteiger partial charge on any atom is 0.459 e. The average molecular weight is 633 g/mol. The number of ether oxygens (including phenoxy) is 2. The van der Waals surface area contributed by atoms with Gasteiger partial charge in [-0.15, -0.1) is 0 Å². The molecule has 4 rings (SSSR count). The van der Waals surface area contributed by atoms with Gasteiger partial charge >= 0.3 is 19.4 Å². The van der Waals surface area contributed by atoms with Gasteiger partial charge in [0.2, 0.25) is 0 Å². The van der Waals surface area contributed by atoms with E-state index in [1.165, 1.54) is 43.3 Å². The van der Waals surface area contributed by atoms with E-state index in [-0.39, 0.29) is 16.9 Å². The molecule has 2 N–H and O–H groups in total. The topological polar surface area (TPSA) is 178 Å². The van der Waals surface area contributed by atoms with Gasteiger partial charge in [-0.3, -0.25) is 23.7 Å². The number of para-hydroxylation sites is 1. The molecule has 2 aromatic carbocycles. The van der Waals surface area contributed by atoms with Gasteiger partial charge in [0, 0.05) is 17.8 Å². The van der Waals surface area contributed by atoms with Gasteiger partial charge in [-0.05, 0) is 45.4 Å². The van der Waals surface area contributed by atoms with Crippen molar-refractivity contribution in [1.82, 2.24) is 14.6 Å². The van der Waals surface area contributed by atoms with Crippen molar-refractivity contribution in [3.63, 3.8) is 0 Å². The van der Waals surface area contributed by atoms with Gasteiger partial charge in [-0.1, -0.05) is 42.5 Å². The molecule has 1 saturated heterocycles. The summed E-state index contributed by atoms with van der Waals surface area (Å²) in [4.78, 5) is 50.8. The molecule has 44 heavy (non-hydrogen) atoms. The first kappa shape index (κ1) is 32.8. The van der Waals surface area contributed by atoms with Gasteiger partial charge in [0.1, 0.15) is 11.8 Å². The molecule has 0 amide bonds. The van der Waals surface area contributed by atoms with E-state index < -0.39 is 73.6 Å². The van der Waals surface area contributed by atoms with Gasteiger partial charge in [0.15, 0.2) is 11.9 Å². The summed E-state index contributed by atoms with van der Waals surface area (Å²) in [6, 6.07) is 13.3. The van der Waals surface area contributed by atoms with E-state index >= 15 is 4.39 Å². The number of benzene rings is 2. The molecule has 15 heteroatoms. The predicted octanol–water partition coefficient (Wildman–Crippen LogP) is 2.44. The zero-order chi connectivity index (χ0) is 32.2. The Hall–Kier alpha value is -4.10. The monoisotopic (exact) mass is 632 g/mol. The number of hydrogen-bond donors (Lipinski definition) is 2. The van der Waals surface area contributed by atoms with Gasteiger partial charge in [0.25, 0.3) is 5.56 Å². The smallest absolute Gasteiger partial charge is 0.459 e. The van der Waals surface area contributed by atoms with Crippen LogP contribution in [-0.4, -0.2) is 52.0 Å². The van der Waals surface area contributed by atoms with E-state index in [1.54, 1.807) is 32.0 Å². The largest absolute Gasteiger partial charge is 0.545 e. The van der Waals surface area contributed by atoms with Gasteiger partial charge in [-0.2, -0.15) is 5.09 Å². The number of rotatable bonds is 12. The molecule has 0 aliphatic carbocycles. The van der Waals surface area contributed by atoms with E-state index in [4.69, 9.17) is 18.5 Å².